The maximum atomic E-state index is 12.3. The predicted octanol–water partition coefficient (Wildman–Crippen LogP) is 2.71. The minimum absolute atomic E-state index is 0. The fourth-order valence-corrected chi connectivity index (χ4v) is 1.80. The molecule has 2 aromatic rings. The van der Waals surface area contributed by atoms with Gasteiger partial charge in [-0.2, -0.15) is 10.2 Å². The highest BCUT2D eigenvalue weighted by Crippen LogP contribution is 2.12. The summed E-state index contributed by atoms with van der Waals surface area (Å²) >= 11 is 0. The van der Waals surface area contributed by atoms with E-state index >= 15 is 0 Å². The Kier molecular flexibility index (Phi) is 5.94. The number of nitrogens with one attached hydrogen (secondary N) is 1. The lowest BCUT2D eigenvalue weighted by Gasteiger charge is -2.05. The van der Waals surface area contributed by atoms with Gasteiger partial charge in [0.15, 0.2) is 0 Å². The van der Waals surface area contributed by atoms with Crippen molar-refractivity contribution in [1.29, 1.82) is 0 Å². The number of halogens is 3. The van der Waals surface area contributed by atoms with E-state index in [2.05, 4.69) is 15.5 Å². The van der Waals surface area contributed by atoms with E-state index in [1.54, 1.807) is 19.3 Å². The van der Waals surface area contributed by atoms with E-state index in [4.69, 9.17) is 0 Å². The smallest absolute Gasteiger partial charge is 0.257 e. The minimum Gasteiger partial charge on any atom is -0.378 e. The number of alkyl halides is 2. The molecule has 2 heterocycles. The van der Waals surface area contributed by atoms with Crippen molar-refractivity contribution in [2.75, 3.05) is 5.32 Å². The first kappa shape index (κ1) is 16.4. The van der Waals surface area contributed by atoms with Crippen molar-refractivity contribution < 1.29 is 8.78 Å². The minimum atomic E-state index is -2.39. The molecule has 20 heavy (non-hydrogen) atoms. The molecule has 0 amide bonds. The monoisotopic (exact) mass is 305 g/mol. The SMILES string of the molecule is CCn1cc(NCc2cnn(CC(F)F)c2C)cn1.Cl. The molecule has 0 saturated carbocycles. The average molecular weight is 306 g/mol. The summed E-state index contributed by atoms with van der Waals surface area (Å²) in [5.74, 6) is 0. The normalized spacial score (nSPS) is 10.7. The van der Waals surface area contributed by atoms with Gasteiger partial charge in [0.25, 0.3) is 6.43 Å². The molecule has 0 atom stereocenters. The molecule has 0 fully saturated rings. The number of hydrogen-bond donors (Lipinski definition) is 1. The highest BCUT2D eigenvalue weighted by molar-refractivity contribution is 5.85. The maximum absolute atomic E-state index is 12.3. The third kappa shape index (κ3) is 3.93. The summed E-state index contributed by atoms with van der Waals surface area (Å²) in [4.78, 5) is 0. The maximum Gasteiger partial charge on any atom is 0.257 e. The Bertz CT molecular complexity index is 538. The Morgan fingerprint density at radius 1 is 1.30 bits per heavy atom. The second-order valence-electron chi connectivity index (χ2n) is 4.27. The molecule has 0 aliphatic carbocycles. The lowest BCUT2D eigenvalue weighted by atomic mass is 10.2. The third-order valence-electron chi connectivity index (χ3n) is 2.96. The molecule has 2 aromatic heterocycles. The van der Waals surface area contributed by atoms with Crippen LogP contribution in [0, 0.1) is 6.92 Å². The topological polar surface area (TPSA) is 47.7 Å². The molecule has 8 heteroatoms. The van der Waals surface area contributed by atoms with Crippen LogP contribution < -0.4 is 5.32 Å². The van der Waals surface area contributed by atoms with Crippen LogP contribution in [-0.4, -0.2) is 26.0 Å². The van der Waals surface area contributed by atoms with Crippen molar-refractivity contribution in [3.8, 4) is 0 Å². The lowest BCUT2D eigenvalue weighted by molar-refractivity contribution is 0.121. The summed E-state index contributed by atoms with van der Waals surface area (Å²) in [6.45, 7) is 4.80. The van der Waals surface area contributed by atoms with Gasteiger partial charge in [0.2, 0.25) is 0 Å². The molecular weight excluding hydrogens is 288 g/mol. The van der Waals surface area contributed by atoms with Gasteiger partial charge in [0.1, 0.15) is 6.54 Å². The second-order valence-corrected chi connectivity index (χ2v) is 4.27. The quantitative estimate of drug-likeness (QED) is 0.892. The van der Waals surface area contributed by atoms with E-state index in [1.807, 2.05) is 17.8 Å². The van der Waals surface area contributed by atoms with E-state index in [9.17, 15) is 8.78 Å². The molecule has 5 nitrogen and oxygen atoms in total. The van der Waals surface area contributed by atoms with Crippen LogP contribution in [0.5, 0.6) is 0 Å². The molecule has 112 valence electrons. The van der Waals surface area contributed by atoms with Crippen molar-refractivity contribution in [2.45, 2.75) is 39.9 Å². The van der Waals surface area contributed by atoms with Crippen LogP contribution in [0.15, 0.2) is 18.6 Å². The highest BCUT2D eigenvalue weighted by atomic mass is 35.5. The van der Waals surface area contributed by atoms with Gasteiger partial charge >= 0.3 is 0 Å². The second kappa shape index (κ2) is 7.23. The van der Waals surface area contributed by atoms with Crippen LogP contribution in [0.1, 0.15) is 18.2 Å². The molecule has 1 N–H and O–H groups in total. The van der Waals surface area contributed by atoms with E-state index in [-0.39, 0.29) is 19.0 Å². The van der Waals surface area contributed by atoms with E-state index in [0.717, 1.165) is 23.5 Å². The van der Waals surface area contributed by atoms with Gasteiger partial charge in [-0.1, -0.05) is 0 Å². The largest absolute Gasteiger partial charge is 0.378 e. The standard InChI is InChI=1S/C12H17F2N5.ClH/c1-3-18-7-11(6-16-18)15-4-10-5-17-19(9(10)2)8-12(13)14;/h5-7,12,15H,3-4,8H2,1-2H3;1H. The van der Waals surface area contributed by atoms with Crippen molar-refractivity contribution in [2.24, 2.45) is 0 Å². The van der Waals surface area contributed by atoms with Crippen LogP contribution in [-0.2, 0) is 19.6 Å². The first-order chi connectivity index (χ1) is 9.10. The summed E-state index contributed by atoms with van der Waals surface area (Å²) in [5.41, 5.74) is 2.57. The molecule has 0 bridgehead atoms. The summed E-state index contributed by atoms with van der Waals surface area (Å²) in [5, 5.41) is 11.3. The number of anilines is 1. The average Bonchev–Trinajstić information content (AvgIpc) is 2.95. The number of hydrogen-bond acceptors (Lipinski definition) is 3. The number of nitrogens with zero attached hydrogens (tertiary/aromatic N) is 4. The zero-order chi connectivity index (χ0) is 13.8. The Labute approximate surface area is 122 Å². The van der Waals surface area contributed by atoms with Gasteiger partial charge in [-0.3, -0.25) is 9.36 Å². The first-order valence-corrected chi connectivity index (χ1v) is 6.16. The van der Waals surface area contributed by atoms with Crippen molar-refractivity contribution in [1.82, 2.24) is 19.6 Å². The van der Waals surface area contributed by atoms with Crippen LogP contribution in [0.2, 0.25) is 0 Å². The van der Waals surface area contributed by atoms with Crippen LogP contribution in [0.4, 0.5) is 14.5 Å². The molecule has 0 saturated heterocycles. The Hall–Kier alpha value is -1.63. The van der Waals surface area contributed by atoms with Crippen molar-refractivity contribution in [3.63, 3.8) is 0 Å². The highest BCUT2D eigenvalue weighted by Gasteiger charge is 2.10. The molecular formula is C12H18ClF2N5. The van der Waals surface area contributed by atoms with Crippen LogP contribution in [0.3, 0.4) is 0 Å². The van der Waals surface area contributed by atoms with E-state index in [1.165, 1.54) is 4.68 Å². The Balaban J connectivity index is 0.00000200. The first-order valence-electron chi connectivity index (χ1n) is 6.16. The summed E-state index contributed by atoms with van der Waals surface area (Å²) in [6, 6.07) is 0. The lowest BCUT2D eigenvalue weighted by Crippen LogP contribution is -2.10. The molecule has 0 aromatic carbocycles. The molecule has 0 unspecified atom stereocenters. The molecule has 0 aliphatic heterocycles. The van der Waals surface area contributed by atoms with Crippen LogP contribution in [0.25, 0.3) is 0 Å². The van der Waals surface area contributed by atoms with Crippen LogP contribution >= 0.6 is 12.4 Å². The van der Waals surface area contributed by atoms with E-state index < -0.39 is 6.43 Å². The van der Waals surface area contributed by atoms with Gasteiger partial charge in [0.05, 0.1) is 18.1 Å². The summed E-state index contributed by atoms with van der Waals surface area (Å²) in [7, 11) is 0. The van der Waals surface area contributed by atoms with Gasteiger partial charge in [0, 0.05) is 30.5 Å². The molecule has 2 rings (SSSR count). The van der Waals surface area contributed by atoms with Crippen molar-refractivity contribution in [3.05, 3.63) is 29.8 Å². The van der Waals surface area contributed by atoms with Gasteiger partial charge in [-0.05, 0) is 13.8 Å². The molecule has 0 radical (unpaired) electrons. The Morgan fingerprint density at radius 3 is 2.65 bits per heavy atom. The summed E-state index contributed by atoms with van der Waals surface area (Å²) < 4.78 is 27.8. The van der Waals surface area contributed by atoms with Gasteiger partial charge < -0.3 is 5.32 Å². The summed E-state index contributed by atoms with van der Waals surface area (Å²) in [6.07, 6.45) is 2.87. The number of aromatic nitrogens is 4. The fourth-order valence-electron chi connectivity index (χ4n) is 1.80. The third-order valence-corrected chi connectivity index (χ3v) is 2.96. The zero-order valence-corrected chi connectivity index (χ0v) is 12.2. The zero-order valence-electron chi connectivity index (χ0n) is 11.4. The molecule has 0 aliphatic rings. The van der Waals surface area contributed by atoms with E-state index in [0.29, 0.717) is 6.54 Å². The molecule has 0 spiro atoms. The fraction of sp³-hybridized carbons (Fsp3) is 0.500. The number of aryl methyl sites for hydroxylation is 1. The van der Waals surface area contributed by atoms with Crippen molar-refractivity contribution >= 4 is 18.1 Å². The van der Waals surface area contributed by atoms with Gasteiger partial charge in [-0.25, -0.2) is 8.78 Å². The predicted molar refractivity (Wildman–Crippen MR) is 75.4 cm³/mol. The van der Waals surface area contributed by atoms with Gasteiger partial charge in [-0.15, -0.1) is 12.4 Å². The number of rotatable bonds is 6. The Morgan fingerprint density at radius 2 is 2.05 bits per heavy atom.